The fraction of sp³-hybridized carbons (Fsp3) is 0.269. The number of H-pyrrole nitrogens is 1. The smallest absolute Gasteiger partial charge is 0.243 e. The van der Waals surface area contributed by atoms with Gasteiger partial charge >= 0.3 is 0 Å². The van der Waals surface area contributed by atoms with Crippen molar-refractivity contribution >= 4 is 26.9 Å². The van der Waals surface area contributed by atoms with Crippen LogP contribution in [-0.4, -0.2) is 62.8 Å². The summed E-state index contributed by atoms with van der Waals surface area (Å²) in [6.45, 7) is 5.24. The largest absolute Gasteiger partial charge is 0.494 e. The Hall–Kier alpha value is -4.52. The Bertz CT molecular complexity index is 1710. The summed E-state index contributed by atoms with van der Waals surface area (Å²) >= 11 is 0. The van der Waals surface area contributed by atoms with Gasteiger partial charge in [0, 0.05) is 23.7 Å². The van der Waals surface area contributed by atoms with Crippen molar-refractivity contribution in [3.8, 4) is 28.7 Å². The van der Waals surface area contributed by atoms with E-state index in [1.165, 1.54) is 18.8 Å². The fourth-order valence-corrected chi connectivity index (χ4v) is 5.47. The Morgan fingerprint density at radius 3 is 2.28 bits per heavy atom. The van der Waals surface area contributed by atoms with Crippen molar-refractivity contribution in [2.75, 3.05) is 18.9 Å². The van der Waals surface area contributed by atoms with E-state index in [0.29, 0.717) is 28.7 Å². The van der Waals surface area contributed by atoms with Crippen molar-refractivity contribution in [2.24, 2.45) is 0 Å². The van der Waals surface area contributed by atoms with Crippen LogP contribution in [0, 0.1) is 6.92 Å². The van der Waals surface area contributed by atoms with Crippen molar-refractivity contribution in [3.63, 3.8) is 0 Å². The molecule has 0 aliphatic carbocycles. The van der Waals surface area contributed by atoms with Gasteiger partial charge in [-0.25, -0.2) is 18.4 Å². The van der Waals surface area contributed by atoms with Gasteiger partial charge in [0.1, 0.15) is 28.7 Å². The van der Waals surface area contributed by atoms with E-state index in [1.54, 1.807) is 44.4 Å². The van der Waals surface area contributed by atoms with Gasteiger partial charge in [0.15, 0.2) is 5.82 Å². The van der Waals surface area contributed by atoms with E-state index in [0.717, 1.165) is 16.5 Å². The third kappa shape index (κ3) is 4.76. The second-order valence-corrected chi connectivity index (χ2v) is 11.1. The number of ether oxygens (including phenoxy) is 2. The number of aromatic amines is 1. The monoisotopic (exact) mass is 548 g/mol. The van der Waals surface area contributed by atoms with Gasteiger partial charge in [0.2, 0.25) is 16.0 Å². The number of anilines is 1. The van der Waals surface area contributed by atoms with E-state index in [1.807, 2.05) is 31.2 Å². The topological polar surface area (TPSA) is 150 Å². The first-order valence-corrected chi connectivity index (χ1v) is 13.7. The van der Waals surface area contributed by atoms with E-state index in [9.17, 15) is 8.42 Å². The quantitative estimate of drug-likeness (QED) is 0.280. The molecule has 0 aliphatic rings. The zero-order valence-corrected chi connectivity index (χ0v) is 22.9. The number of hydrogen-bond donors (Lipinski definition) is 2. The van der Waals surface area contributed by atoms with Crippen molar-refractivity contribution in [2.45, 2.75) is 31.9 Å². The zero-order chi connectivity index (χ0) is 27.7. The third-order valence-corrected chi connectivity index (χ3v) is 8.46. The average Bonchev–Trinajstić information content (AvgIpc) is 3.55. The molecule has 12 nitrogen and oxygen atoms in total. The van der Waals surface area contributed by atoms with E-state index >= 15 is 0 Å². The number of sulfonamides is 1. The summed E-state index contributed by atoms with van der Waals surface area (Å²) in [5, 5.41) is 15.9. The Morgan fingerprint density at radius 2 is 1.62 bits per heavy atom. The van der Waals surface area contributed by atoms with Gasteiger partial charge < -0.3 is 9.47 Å². The SMILES string of the molecule is COc1cccc(OC)c1-n1c(NS(=O)(=O)[C@H](C)[C@@H](C)c2ncc(C)cn2)nnc1-c1n[nH]c2ccccc12. The van der Waals surface area contributed by atoms with E-state index in [-0.39, 0.29) is 11.8 Å². The van der Waals surface area contributed by atoms with Gasteiger partial charge in [-0.1, -0.05) is 31.2 Å². The second kappa shape index (κ2) is 10.3. The molecule has 202 valence electrons. The molecular weight excluding hydrogens is 520 g/mol. The number of rotatable bonds is 9. The summed E-state index contributed by atoms with van der Waals surface area (Å²) in [5.74, 6) is 1.000. The van der Waals surface area contributed by atoms with E-state index in [2.05, 4.69) is 35.1 Å². The van der Waals surface area contributed by atoms with Crippen molar-refractivity contribution in [1.29, 1.82) is 0 Å². The molecule has 0 saturated heterocycles. The number of nitrogens with one attached hydrogen (secondary N) is 2. The summed E-state index contributed by atoms with van der Waals surface area (Å²) in [4.78, 5) is 8.63. The highest BCUT2D eigenvalue weighted by Gasteiger charge is 2.33. The third-order valence-electron chi connectivity index (χ3n) is 6.61. The molecule has 0 bridgehead atoms. The first-order valence-electron chi connectivity index (χ1n) is 12.2. The summed E-state index contributed by atoms with van der Waals surface area (Å²) in [6, 6.07) is 12.8. The van der Waals surface area contributed by atoms with E-state index < -0.39 is 21.2 Å². The standard InChI is InChI=1S/C26H28N8O4S/c1-15-13-27-24(28-14-15)16(2)17(3)39(35,36)33-26-32-31-25(22-18-9-6-7-10-19(18)29-30-22)34(26)23-20(37-4)11-8-12-21(23)38-5/h6-14,16-17H,1-5H3,(H,29,30)(H,32,33)/t16-,17-/m1/s1. The maximum absolute atomic E-state index is 13.7. The van der Waals surface area contributed by atoms with Crippen LogP contribution in [0.25, 0.3) is 28.1 Å². The lowest BCUT2D eigenvalue weighted by Gasteiger charge is -2.21. The molecule has 2 atom stereocenters. The molecule has 0 amide bonds. The molecule has 3 aromatic heterocycles. The number of aryl methyl sites for hydroxylation is 1. The first-order chi connectivity index (χ1) is 18.7. The van der Waals surface area contributed by atoms with Crippen LogP contribution in [0.2, 0.25) is 0 Å². The molecule has 0 spiro atoms. The maximum Gasteiger partial charge on any atom is 0.243 e. The van der Waals surface area contributed by atoms with Crippen molar-refractivity contribution in [1.82, 2.24) is 34.9 Å². The van der Waals surface area contributed by atoms with Gasteiger partial charge in [-0.05, 0) is 37.6 Å². The molecule has 0 unspecified atom stereocenters. The molecule has 13 heteroatoms. The molecule has 0 fully saturated rings. The van der Waals surface area contributed by atoms with Crippen LogP contribution in [0.15, 0.2) is 54.9 Å². The average molecular weight is 549 g/mol. The lowest BCUT2D eigenvalue weighted by Crippen LogP contribution is -2.31. The van der Waals surface area contributed by atoms with Gasteiger partial charge in [-0.2, -0.15) is 5.10 Å². The van der Waals surface area contributed by atoms with E-state index in [4.69, 9.17) is 9.47 Å². The van der Waals surface area contributed by atoms with Crippen LogP contribution in [-0.2, 0) is 10.0 Å². The molecule has 2 aromatic carbocycles. The number of fused-ring (bicyclic) bond motifs is 1. The van der Waals surface area contributed by atoms with Gasteiger partial charge in [0.05, 0.1) is 25.0 Å². The summed E-state index contributed by atoms with van der Waals surface area (Å²) in [6.07, 6.45) is 3.33. The number of para-hydroxylation sites is 2. The van der Waals surface area contributed by atoms with Gasteiger partial charge in [-0.15, -0.1) is 10.2 Å². The molecule has 0 saturated carbocycles. The second-order valence-electron chi connectivity index (χ2n) is 9.07. The minimum atomic E-state index is -4.00. The minimum absolute atomic E-state index is 0.0521. The summed E-state index contributed by atoms with van der Waals surface area (Å²) in [7, 11) is -0.971. The molecule has 5 rings (SSSR count). The molecule has 2 N–H and O–H groups in total. The zero-order valence-electron chi connectivity index (χ0n) is 22.1. The highest BCUT2D eigenvalue weighted by Crippen LogP contribution is 2.39. The number of aromatic nitrogens is 7. The lowest BCUT2D eigenvalue weighted by atomic mass is 10.1. The first kappa shape index (κ1) is 26.1. The van der Waals surface area contributed by atoms with Gasteiger partial charge in [-0.3, -0.25) is 14.4 Å². The minimum Gasteiger partial charge on any atom is -0.494 e. The molecule has 0 aliphatic heterocycles. The molecule has 5 aromatic rings. The van der Waals surface area contributed by atoms with Crippen LogP contribution in [0.3, 0.4) is 0 Å². The highest BCUT2D eigenvalue weighted by molar-refractivity contribution is 7.93. The molecule has 3 heterocycles. The predicted octanol–water partition coefficient (Wildman–Crippen LogP) is 3.86. The van der Waals surface area contributed by atoms with Crippen molar-refractivity contribution < 1.29 is 17.9 Å². The number of methoxy groups -OCH3 is 2. The van der Waals surface area contributed by atoms with Crippen LogP contribution in [0.1, 0.15) is 31.2 Å². The maximum atomic E-state index is 13.7. The van der Waals surface area contributed by atoms with Crippen molar-refractivity contribution in [3.05, 3.63) is 66.2 Å². The summed E-state index contributed by atoms with van der Waals surface area (Å²) in [5.41, 5.74) is 2.56. The Morgan fingerprint density at radius 1 is 0.949 bits per heavy atom. The van der Waals surface area contributed by atoms with Crippen LogP contribution < -0.4 is 14.2 Å². The number of nitrogens with zero attached hydrogens (tertiary/aromatic N) is 6. The van der Waals surface area contributed by atoms with Gasteiger partial charge in [0.25, 0.3) is 0 Å². The fourth-order valence-electron chi connectivity index (χ4n) is 4.24. The number of benzene rings is 2. The Balaban J connectivity index is 1.65. The molecular formula is C26H28N8O4S. The van der Waals surface area contributed by atoms with Crippen LogP contribution in [0.4, 0.5) is 5.95 Å². The molecule has 0 radical (unpaired) electrons. The predicted molar refractivity (Wildman–Crippen MR) is 147 cm³/mol. The molecule has 39 heavy (non-hydrogen) atoms. The lowest BCUT2D eigenvalue weighted by molar-refractivity contribution is 0.391. The normalized spacial score (nSPS) is 13.3. The highest BCUT2D eigenvalue weighted by atomic mass is 32.2. The number of hydrogen-bond acceptors (Lipinski definition) is 9. The summed E-state index contributed by atoms with van der Waals surface area (Å²) < 4.78 is 42.7. The Labute approximate surface area is 225 Å². The van der Waals surface area contributed by atoms with Crippen LogP contribution >= 0.6 is 0 Å². The van der Waals surface area contributed by atoms with Crippen LogP contribution in [0.5, 0.6) is 11.5 Å². The Kier molecular flexibility index (Phi) is 6.91.